The number of unbranched alkanes of at least 4 members (excludes halogenated alkanes) is 1. The summed E-state index contributed by atoms with van der Waals surface area (Å²) in [5, 5.41) is 8.78. The van der Waals surface area contributed by atoms with Gasteiger partial charge in [0.1, 0.15) is 5.82 Å². The van der Waals surface area contributed by atoms with Crippen molar-refractivity contribution >= 4 is 5.97 Å². The molecule has 0 aromatic heterocycles. The van der Waals surface area contributed by atoms with Crippen molar-refractivity contribution in [2.24, 2.45) is 5.92 Å². The Morgan fingerprint density at radius 1 is 1.40 bits per heavy atom. The molecular formula is C15H19FO4. The second kappa shape index (κ2) is 6.81. The van der Waals surface area contributed by atoms with Crippen LogP contribution in [0.25, 0.3) is 0 Å². The maximum Gasteiger partial charge on any atom is 0.338 e. The van der Waals surface area contributed by atoms with E-state index < -0.39 is 18.1 Å². The Balaban J connectivity index is 1.97. The van der Waals surface area contributed by atoms with Crippen LogP contribution in [0.15, 0.2) is 18.2 Å². The summed E-state index contributed by atoms with van der Waals surface area (Å²) in [6.45, 7) is 3.32. The number of carboxylic acids is 1. The largest absolute Gasteiger partial charge is 0.478 e. The minimum Gasteiger partial charge on any atom is -0.478 e. The number of aromatic carboxylic acids is 1. The van der Waals surface area contributed by atoms with Crippen LogP contribution in [0.1, 0.15) is 48.4 Å². The van der Waals surface area contributed by atoms with Crippen LogP contribution in [-0.2, 0) is 9.47 Å². The van der Waals surface area contributed by atoms with Gasteiger partial charge in [0.05, 0.1) is 18.8 Å². The van der Waals surface area contributed by atoms with Gasteiger partial charge >= 0.3 is 5.97 Å². The molecule has 0 radical (unpaired) electrons. The number of hydrogen-bond donors (Lipinski definition) is 1. The van der Waals surface area contributed by atoms with Crippen LogP contribution in [0, 0.1) is 11.7 Å². The van der Waals surface area contributed by atoms with Gasteiger partial charge in [-0.25, -0.2) is 9.18 Å². The molecule has 4 nitrogen and oxygen atoms in total. The highest BCUT2D eigenvalue weighted by Crippen LogP contribution is 2.28. The molecule has 0 bridgehead atoms. The molecule has 2 rings (SSSR count). The van der Waals surface area contributed by atoms with E-state index in [4.69, 9.17) is 14.6 Å². The summed E-state index contributed by atoms with van der Waals surface area (Å²) in [5.74, 6) is -1.66. The van der Waals surface area contributed by atoms with Gasteiger partial charge < -0.3 is 14.6 Å². The molecule has 5 heteroatoms. The fraction of sp³-hybridized carbons (Fsp3) is 0.533. The quantitative estimate of drug-likeness (QED) is 0.899. The Bertz CT molecular complexity index is 467. The predicted molar refractivity (Wildman–Crippen MR) is 71.0 cm³/mol. The van der Waals surface area contributed by atoms with Gasteiger partial charge in [0, 0.05) is 11.5 Å². The Morgan fingerprint density at radius 2 is 2.10 bits per heavy atom. The van der Waals surface area contributed by atoms with Crippen LogP contribution in [0.2, 0.25) is 0 Å². The first-order valence-corrected chi connectivity index (χ1v) is 6.87. The first-order valence-electron chi connectivity index (χ1n) is 6.87. The fourth-order valence-corrected chi connectivity index (χ4v) is 2.25. The van der Waals surface area contributed by atoms with E-state index in [2.05, 4.69) is 6.92 Å². The standard InChI is InChI=1S/C15H19FO4/c1-2-3-4-10-8-19-15(20-9-10)11-5-6-12(14(17)18)13(16)7-11/h5-7,10,15H,2-4,8-9H2,1H3,(H,17,18). The maximum absolute atomic E-state index is 13.6. The monoisotopic (exact) mass is 282 g/mol. The van der Waals surface area contributed by atoms with Gasteiger partial charge in [0.2, 0.25) is 0 Å². The molecule has 1 aromatic carbocycles. The summed E-state index contributed by atoms with van der Waals surface area (Å²) in [6.07, 6.45) is 2.74. The molecule has 0 amide bonds. The number of benzene rings is 1. The third kappa shape index (κ3) is 3.55. The highest BCUT2D eigenvalue weighted by Gasteiger charge is 2.24. The molecular weight excluding hydrogens is 263 g/mol. The van der Waals surface area contributed by atoms with Crippen molar-refractivity contribution in [3.05, 3.63) is 35.1 Å². The minimum absolute atomic E-state index is 0.342. The van der Waals surface area contributed by atoms with Gasteiger partial charge in [0.25, 0.3) is 0 Å². The van der Waals surface area contributed by atoms with E-state index in [1.807, 2.05) is 0 Å². The van der Waals surface area contributed by atoms with Crippen LogP contribution < -0.4 is 0 Å². The van der Waals surface area contributed by atoms with Gasteiger partial charge in [-0.15, -0.1) is 0 Å². The topological polar surface area (TPSA) is 55.8 Å². The zero-order valence-electron chi connectivity index (χ0n) is 11.5. The number of carbonyl (C=O) groups is 1. The summed E-state index contributed by atoms with van der Waals surface area (Å²) in [6, 6.07) is 3.94. The third-order valence-electron chi connectivity index (χ3n) is 3.43. The zero-order chi connectivity index (χ0) is 14.5. The number of ether oxygens (including phenoxy) is 2. The summed E-state index contributed by atoms with van der Waals surface area (Å²) in [5.41, 5.74) is 0.173. The van der Waals surface area contributed by atoms with E-state index in [-0.39, 0.29) is 5.56 Å². The molecule has 1 N–H and O–H groups in total. The molecule has 0 aliphatic carbocycles. The molecule has 1 fully saturated rings. The lowest BCUT2D eigenvalue weighted by Gasteiger charge is -2.29. The van der Waals surface area contributed by atoms with Gasteiger partial charge in [0.15, 0.2) is 6.29 Å². The zero-order valence-corrected chi connectivity index (χ0v) is 11.5. The molecule has 0 spiro atoms. The Morgan fingerprint density at radius 3 is 2.65 bits per heavy atom. The molecule has 0 atom stereocenters. The van der Waals surface area contributed by atoms with Crippen molar-refractivity contribution in [1.82, 2.24) is 0 Å². The van der Waals surface area contributed by atoms with Crippen molar-refractivity contribution in [3.8, 4) is 0 Å². The molecule has 0 saturated carbocycles. The first kappa shape index (κ1) is 14.9. The lowest BCUT2D eigenvalue weighted by molar-refractivity contribution is -0.206. The molecule has 20 heavy (non-hydrogen) atoms. The van der Waals surface area contributed by atoms with E-state index in [0.717, 1.165) is 19.3 Å². The van der Waals surface area contributed by atoms with Gasteiger partial charge in [-0.2, -0.15) is 0 Å². The number of carboxylic acid groups (broad SMARTS) is 1. The first-order chi connectivity index (χ1) is 9.61. The van der Waals surface area contributed by atoms with E-state index in [9.17, 15) is 9.18 Å². The highest BCUT2D eigenvalue weighted by molar-refractivity contribution is 5.87. The maximum atomic E-state index is 13.6. The number of hydrogen-bond acceptors (Lipinski definition) is 3. The summed E-state index contributed by atoms with van der Waals surface area (Å²) in [7, 11) is 0. The summed E-state index contributed by atoms with van der Waals surface area (Å²) < 4.78 is 24.8. The lowest BCUT2D eigenvalue weighted by atomic mass is 10.0. The van der Waals surface area contributed by atoms with E-state index >= 15 is 0 Å². The third-order valence-corrected chi connectivity index (χ3v) is 3.43. The molecule has 110 valence electrons. The Kier molecular flexibility index (Phi) is 5.09. The van der Waals surface area contributed by atoms with E-state index in [1.54, 1.807) is 0 Å². The van der Waals surface area contributed by atoms with Crippen molar-refractivity contribution in [2.45, 2.75) is 32.5 Å². The van der Waals surface area contributed by atoms with Crippen molar-refractivity contribution < 1.29 is 23.8 Å². The number of rotatable bonds is 5. The van der Waals surface area contributed by atoms with Crippen LogP contribution in [0.4, 0.5) is 4.39 Å². The summed E-state index contributed by atoms with van der Waals surface area (Å²) >= 11 is 0. The van der Waals surface area contributed by atoms with Gasteiger partial charge in [-0.05, 0) is 18.6 Å². The van der Waals surface area contributed by atoms with Crippen LogP contribution >= 0.6 is 0 Å². The van der Waals surface area contributed by atoms with Crippen LogP contribution in [0.5, 0.6) is 0 Å². The molecule has 1 aromatic rings. The number of halogens is 1. The van der Waals surface area contributed by atoms with Crippen molar-refractivity contribution in [1.29, 1.82) is 0 Å². The molecule has 0 unspecified atom stereocenters. The van der Waals surface area contributed by atoms with Crippen LogP contribution in [0.3, 0.4) is 0 Å². The molecule has 1 aliphatic rings. The SMILES string of the molecule is CCCCC1COC(c2ccc(C(=O)O)c(F)c2)OC1. The highest BCUT2D eigenvalue weighted by atomic mass is 19.1. The molecule has 1 aliphatic heterocycles. The normalized spacial score (nSPS) is 22.7. The smallest absolute Gasteiger partial charge is 0.338 e. The van der Waals surface area contributed by atoms with Crippen molar-refractivity contribution in [3.63, 3.8) is 0 Å². The second-order valence-corrected chi connectivity index (χ2v) is 5.05. The average molecular weight is 282 g/mol. The fourth-order valence-electron chi connectivity index (χ4n) is 2.25. The van der Waals surface area contributed by atoms with Gasteiger partial charge in [-0.1, -0.05) is 25.8 Å². The molecule has 1 saturated heterocycles. The summed E-state index contributed by atoms with van der Waals surface area (Å²) in [4.78, 5) is 10.8. The van der Waals surface area contributed by atoms with Gasteiger partial charge in [-0.3, -0.25) is 0 Å². The molecule has 1 heterocycles. The van der Waals surface area contributed by atoms with Crippen LogP contribution in [-0.4, -0.2) is 24.3 Å². The Labute approximate surface area is 117 Å². The Hall–Kier alpha value is -1.46. The lowest BCUT2D eigenvalue weighted by Crippen LogP contribution is -2.27. The minimum atomic E-state index is -1.28. The predicted octanol–water partition coefficient (Wildman–Crippen LogP) is 3.38. The second-order valence-electron chi connectivity index (χ2n) is 5.05. The van der Waals surface area contributed by atoms with Crippen molar-refractivity contribution in [2.75, 3.05) is 13.2 Å². The van der Waals surface area contributed by atoms with E-state index in [1.165, 1.54) is 18.2 Å². The van der Waals surface area contributed by atoms with E-state index in [0.29, 0.717) is 24.7 Å². The average Bonchev–Trinajstić information content (AvgIpc) is 2.45.